The second kappa shape index (κ2) is 4.49. The van der Waals surface area contributed by atoms with Gasteiger partial charge in [0, 0.05) is 19.0 Å². The van der Waals surface area contributed by atoms with Crippen LogP contribution in [0.3, 0.4) is 0 Å². The quantitative estimate of drug-likeness (QED) is 0.510. The normalized spacial score (nSPS) is 11.1. The molecule has 2 rings (SSSR count). The van der Waals surface area contributed by atoms with Crippen LogP contribution in [0, 0.1) is 3.57 Å². The first kappa shape index (κ1) is 10.9. The van der Waals surface area contributed by atoms with Gasteiger partial charge >= 0.3 is 0 Å². The largest absolute Gasteiger partial charge is 0.144 e. The molecule has 0 aliphatic carbocycles. The third-order valence-electron chi connectivity index (χ3n) is 2.39. The van der Waals surface area contributed by atoms with Crippen LogP contribution in [0.25, 0.3) is 10.1 Å². The van der Waals surface area contributed by atoms with Gasteiger partial charge in [0.25, 0.3) is 0 Å². The highest BCUT2D eigenvalue weighted by atomic mass is 127. The number of thiophene rings is 1. The average molecular weight is 381 g/mol. The van der Waals surface area contributed by atoms with E-state index in [0.717, 1.165) is 11.8 Å². The van der Waals surface area contributed by atoms with Crippen LogP contribution in [0.1, 0.15) is 18.1 Å². The van der Waals surface area contributed by atoms with Crippen molar-refractivity contribution < 1.29 is 0 Å². The molecule has 0 spiro atoms. The van der Waals surface area contributed by atoms with E-state index in [1.807, 2.05) is 11.3 Å². The Kier molecular flexibility index (Phi) is 3.50. The third-order valence-corrected chi connectivity index (χ3v) is 5.09. The monoisotopic (exact) mass is 380 g/mol. The molecule has 0 fully saturated rings. The van der Waals surface area contributed by atoms with Crippen LogP contribution in [0.5, 0.6) is 0 Å². The van der Waals surface area contributed by atoms with Crippen molar-refractivity contribution in [1.82, 2.24) is 0 Å². The lowest BCUT2D eigenvalue weighted by Crippen LogP contribution is -1.93. The van der Waals surface area contributed by atoms with Crippen molar-refractivity contribution in [1.29, 1.82) is 0 Å². The Balaban J connectivity index is 2.79. The van der Waals surface area contributed by atoms with Gasteiger partial charge in [-0.3, -0.25) is 0 Å². The van der Waals surface area contributed by atoms with Crippen LogP contribution < -0.4 is 0 Å². The van der Waals surface area contributed by atoms with E-state index < -0.39 is 0 Å². The minimum atomic E-state index is 0.958. The summed E-state index contributed by atoms with van der Waals surface area (Å²) >= 11 is 7.85. The first-order chi connectivity index (χ1) is 6.77. The first-order valence-corrected chi connectivity index (χ1v) is 7.59. The van der Waals surface area contributed by atoms with Gasteiger partial charge in [-0.1, -0.05) is 22.9 Å². The van der Waals surface area contributed by atoms with Gasteiger partial charge in [-0.2, -0.15) is 0 Å². The maximum atomic E-state index is 3.56. The van der Waals surface area contributed by atoms with Crippen molar-refractivity contribution in [2.24, 2.45) is 0 Å². The third kappa shape index (κ3) is 1.74. The van der Waals surface area contributed by atoms with Gasteiger partial charge in [0.1, 0.15) is 0 Å². The molecule has 1 aromatic heterocycles. The van der Waals surface area contributed by atoms with Crippen LogP contribution in [0.4, 0.5) is 0 Å². The molecule has 0 saturated heterocycles. The Bertz CT molecular complexity index is 462. The Morgan fingerprint density at radius 1 is 1.50 bits per heavy atom. The minimum absolute atomic E-state index is 0.958. The fourth-order valence-electron chi connectivity index (χ4n) is 1.66. The molecule has 0 unspecified atom stereocenters. The molecule has 0 radical (unpaired) electrons. The molecule has 0 amide bonds. The highest BCUT2D eigenvalue weighted by Crippen LogP contribution is 2.32. The number of rotatable bonds is 2. The fraction of sp³-hybridized carbons (Fsp3) is 0.273. The molecule has 1 heterocycles. The van der Waals surface area contributed by atoms with Crippen molar-refractivity contribution >= 4 is 59.9 Å². The predicted molar refractivity (Wildman–Crippen MR) is 76.6 cm³/mol. The lowest BCUT2D eigenvalue weighted by Gasteiger charge is -2.08. The molecule has 0 nitrogen and oxygen atoms in total. The van der Waals surface area contributed by atoms with Gasteiger partial charge < -0.3 is 0 Å². The van der Waals surface area contributed by atoms with Crippen LogP contribution in [-0.2, 0) is 11.8 Å². The summed E-state index contributed by atoms with van der Waals surface area (Å²) < 4.78 is 2.83. The van der Waals surface area contributed by atoms with E-state index in [-0.39, 0.29) is 0 Å². The average Bonchev–Trinajstić information content (AvgIpc) is 2.65. The minimum Gasteiger partial charge on any atom is -0.144 e. The number of alkyl halides is 1. The maximum absolute atomic E-state index is 3.56. The van der Waals surface area contributed by atoms with E-state index in [1.165, 1.54) is 24.8 Å². The summed E-state index contributed by atoms with van der Waals surface area (Å²) in [7, 11) is 0. The summed E-state index contributed by atoms with van der Waals surface area (Å²) in [6.07, 6.45) is 1.12. The summed E-state index contributed by atoms with van der Waals surface area (Å²) in [5.74, 6) is 0. The van der Waals surface area contributed by atoms with Gasteiger partial charge in [-0.25, -0.2) is 0 Å². The summed E-state index contributed by atoms with van der Waals surface area (Å²) in [5, 5.41) is 4.54. The molecule has 14 heavy (non-hydrogen) atoms. The van der Waals surface area contributed by atoms with Gasteiger partial charge in [-0.15, -0.1) is 11.3 Å². The number of hydrogen-bond donors (Lipinski definition) is 0. The highest BCUT2D eigenvalue weighted by molar-refractivity contribution is 14.1. The number of hydrogen-bond acceptors (Lipinski definition) is 1. The Labute approximate surface area is 110 Å². The molecule has 74 valence electrons. The zero-order valence-corrected chi connectivity index (χ0v) is 12.4. The van der Waals surface area contributed by atoms with E-state index in [0.29, 0.717) is 0 Å². The maximum Gasteiger partial charge on any atom is 0.0356 e. The second-order valence-electron chi connectivity index (χ2n) is 3.15. The van der Waals surface area contributed by atoms with Crippen molar-refractivity contribution in [3.05, 3.63) is 32.2 Å². The van der Waals surface area contributed by atoms with E-state index in [2.05, 4.69) is 63.0 Å². The summed E-state index contributed by atoms with van der Waals surface area (Å²) in [5.41, 5.74) is 2.93. The molecule has 2 aromatic rings. The number of benzene rings is 1. The highest BCUT2D eigenvalue weighted by Gasteiger charge is 2.09. The Hall–Kier alpha value is 0.390. The molecule has 0 N–H and O–H groups in total. The van der Waals surface area contributed by atoms with Crippen LogP contribution in [0.2, 0.25) is 0 Å². The zero-order valence-electron chi connectivity index (χ0n) is 7.81. The van der Waals surface area contributed by atoms with Crippen LogP contribution in [0.15, 0.2) is 17.5 Å². The molecule has 0 atom stereocenters. The molecule has 0 aliphatic heterocycles. The van der Waals surface area contributed by atoms with E-state index in [9.17, 15) is 0 Å². The lowest BCUT2D eigenvalue weighted by molar-refractivity contribution is 1.10. The molecule has 3 heteroatoms. The van der Waals surface area contributed by atoms with E-state index in [1.54, 1.807) is 0 Å². The van der Waals surface area contributed by atoms with E-state index in [4.69, 9.17) is 0 Å². The van der Waals surface area contributed by atoms with Gasteiger partial charge in [-0.05, 0) is 57.7 Å². The fourth-order valence-corrected chi connectivity index (χ4v) is 4.40. The second-order valence-corrected chi connectivity index (χ2v) is 5.73. The summed E-state index contributed by atoms with van der Waals surface area (Å²) in [6, 6.07) is 4.54. The Morgan fingerprint density at radius 3 is 2.93 bits per heavy atom. The van der Waals surface area contributed by atoms with Crippen LogP contribution >= 0.6 is 49.9 Å². The Morgan fingerprint density at radius 2 is 2.29 bits per heavy atom. The molecule has 0 bridgehead atoms. The van der Waals surface area contributed by atoms with Gasteiger partial charge in [0.15, 0.2) is 0 Å². The summed E-state index contributed by atoms with van der Waals surface area (Å²) in [6.45, 7) is 2.22. The molecule has 0 saturated carbocycles. The van der Waals surface area contributed by atoms with Crippen LogP contribution in [-0.4, -0.2) is 0 Å². The smallest absolute Gasteiger partial charge is 0.0356 e. The summed E-state index contributed by atoms with van der Waals surface area (Å²) in [4.78, 5) is 0. The molecular weight excluding hydrogens is 371 g/mol. The van der Waals surface area contributed by atoms with Gasteiger partial charge in [0.2, 0.25) is 0 Å². The van der Waals surface area contributed by atoms with Crippen molar-refractivity contribution in [3.63, 3.8) is 0 Å². The predicted octanol–water partition coefficient (Wildman–Crippen LogP) is 4.96. The van der Waals surface area contributed by atoms with Crippen molar-refractivity contribution in [2.75, 3.05) is 0 Å². The zero-order chi connectivity index (χ0) is 10.1. The topological polar surface area (TPSA) is 0 Å². The standard InChI is InChI=1S/C11H10BrIS/c1-2-8-7(6-12)5-10-9(11(8)13)3-4-14-10/h3-5H,2,6H2,1H3. The van der Waals surface area contributed by atoms with Gasteiger partial charge in [0.05, 0.1) is 0 Å². The SMILES string of the molecule is CCc1c(CBr)cc2sccc2c1I. The van der Waals surface area contributed by atoms with E-state index >= 15 is 0 Å². The molecule has 1 aromatic carbocycles. The number of fused-ring (bicyclic) bond motifs is 1. The lowest BCUT2D eigenvalue weighted by atomic mass is 10.0. The molecular formula is C11H10BrIS. The molecule has 0 aliphatic rings. The number of halogens is 2. The van der Waals surface area contributed by atoms with Crippen molar-refractivity contribution in [2.45, 2.75) is 18.7 Å². The van der Waals surface area contributed by atoms with Crippen molar-refractivity contribution in [3.8, 4) is 0 Å². The first-order valence-electron chi connectivity index (χ1n) is 4.51.